The second-order valence-corrected chi connectivity index (χ2v) is 28.1. The van der Waals surface area contributed by atoms with E-state index in [0.717, 1.165) is 27.2 Å². The standard InChI is InChI=1S/C83H93NO20/c1-8-9-30-45-94-78-72(103-80(89)82(2,3)4)70(96-50-58-39-24-14-25-40-58)68(64(98-78)53-93-48-56-35-20-12-21-36-56)101-79-73(104-81(90)83(5,6)7)71(67(95-49-57-37-22-13-23-38-57)63(99-79)52-92-47-55-33-18-11-19-34-55)102-77-65(84-74(86)60-43-28-29-44-61(60)75(84)87)69(100-76(88)59-41-26-15-27-42-59)66(85)62(97-77)51-91-46-54-31-16-10-17-32-54/h8,10-29,31-44,62-73,77-79,85H,1,9,30,45-53H2,2-7H3. The van der Waals surface area contributed by atoms with Gasteiger partial charge in [0.1, 0.15) is 54.9 Å². The number of esters is 3. The third-order valence-electron chi connectivity index (χ3n) is 18.1. The Morgan fingerprint density at radius 1 is 0.433 bits per heavy atom. The molecule has 0 aromatic heterocycles. The molecule has 104 heavy (non-hydrogen) atoms. The zero-order valence-corrected chi connectivity index (χ0v) is 59.5. The fraction of sp³-hybridized carbons (Fsp3) is 0.410. The van der Waals surface area contributed by atoms with Crippen molar-refractivity contribution in [1.29, 1.82) is 0 Å². The number of benzene rings is 7. The van der Waals surface area contributed by atoms with E-state index < -0.39 is 133 Å². The lowest BCUT2D eigenvalue weighted by Gasteiger charge is -2.52. The number of rotatable bonds is 32. The van der Waals surface area contributed by atoms with E-state index >= 15 is 14.4 Å². The zero-order chi connectivity index (χ0) is 73.2. The van der Waals surface area contributed by atoms with Crippen molar-refractivity contribution < 1.29 is 95.4 Å². The highest BCUT2D eigenvalue weighted by molar-refractivity contribution is 6.21. The Labute approximate surface area is 607 Å². The van der Waals surface area contributed by atoms with E-state index in [2.05, 4.69) is 6.58 Å². The summed E-state index contributed by atoms with van der Waals surface area (Å²) in [7, 11) is 0. The van der Waals surface area contributed by atoms with Crippen LogP contribution in [0.3, 0.4) is 0 Å². The van der Waals surface area contributed by atoms with Crippen molar-refractivity contribution in [2.45, 2.75) is 179 Å². The summed E-state index contributed by atoms with van der Waals surface area (Å²) >= 11 is 0. The molecule has 4 aliphatic rings. The smallest absolute Gasteiger partial charge is 0.338 e. The number of nitrogens with zero attached hydrogens (tertiary/aromatic N) is 1. The van der Waals surface area contributed by atoms with Gasteiger partial charge in [0.05, 0.1) is 87.0 Å². The van der Waals surface area contributed by atoms with Gasteiger partial charge in [0.25, 0.3) is 11.8 Å². The molecule has 0 spiro atoms. The first-order valence-electron chi connectivity index (χ1n) is 35.3. The molecule has 0 bridgehead atoms. The van der Waals surface area contributed by atoms with Gasteiger partial charge >= 0.3 is 17.9 Å². The van der Waals surface area contributed by atoms with Gasteiger partial charge in [0.2, 0.25) is 0 Å². The van der Waals surface area contributed by atoms with Crippen LogP contribution in [0.5, 0.6) is 0 Å². The third-order valence-corrected chi connectivity index (χ3v) is 18.1. The molecule has 21 heteroatoms. The minimum Gasteiger partial charge on any atom is -0.454 e. The van der Waals surface area contributed by atoms with Gasteiger partial charge in [-0.2, -0.15) is 0 Å². The minimum atomic E-state index is -1.94. The molecule has 7 aromatic rings. The number of fused-ring (bicyclic) bond motifs is 1. The van der Waals surface area contributed by atoms with Crippen molar-refractivity contribution in [2.75, 3.05) is 26.4 Å². The van der Waals surface area contributed by atoms with Gasteiger partial charge in [-0.05, 0) is 106 Å². The Morgan fingerprint density at radius 2 is 0.817 bits per heavy atom. The number of carbonyl (C=O) groups excluding carboxylic acids is 5. The predicted octanol–water partition coefficient (Wildman–Crippen LogP) is 11.9. The molecule has 1 N–H and O–H groups in total. The number of imide groups is 1. The molecule has 3 fully saturated rings. The number of amides is 2. The fourth-order valence-electron chi connectivity index (χ4n) is 12.5. The number of allylic oxidation sites excluding steroid dienone is 1. The van der Waals surface area contributed by atoms with Gasteiger partial charge in [-0.25, -0.2) is 4.79 Å². The number of aliphatic hydroxyl groups excluding tert-OH is 1. The Bertz CT molecular complexity index is 3840. The fourth-order valence-corrected chi connectivity index (χ4v) is 12.5. The molecule has 15 atom stereocenters. The van der Waals surface area contributed by atoms with Crippen LogP contribution in [0.1, 0.15) is 113 Å². The first kappa shape index (κ1) is 76.5. The molecule has 4 aliphatic heterocycles. The predicted molar refractivity (Wildman–Crippen MR) is 380 cm³/mol. The molecular formula is C83H93NO20. The van der Waals surface area contributed by atoms with Gasteiger partial charge in [-0.3, -0.25) is 24.1 Å². The van der Waals surface area contributed by atoms with Crippen LogP contribution in [0.2, 0.25) is 0 Å². The summed E-state index contributed by atoms with van der Waals surface area (Å²) in [5.41, 5.74) is 1.66. The number of carbonyl (C=O) groups is 5. The normalized spacial score (nSPS) is 25.6. The highest BCUT2D eigenvalue weighted by Gasteiger charge is 2.61. The average Bonchev–Trinajstić information content (AvgIpc) is 1.75. The summed E-state index contributed by atoms with van der Waals surface area (Å²) in [5.74, 6) is -3.97. The lowest BCUT2D eigenvalue weighted by atomic mass is 9.93. The average molecular weight is 1420 g/mol. The van der Waals surface area contributed by atoms with Crippen molar-refractivity contribution in [3.63, 3.8) is 0 Å². The lowest BCUT2D eigenvalue weighted by molar-refractivity contribution is -0.384. The number of hydrogen-bond acceptors (Lipinski definition) is 20. The van der Waals surface area contributed by atoms with Crippen LogP contribution in [0.4, 0.5) is 0 Å². The molecule has 550 valence electrons. The van der Waals surface area contributed by atoms with Crippen molar-refractivity contribution >= 4 is 29.7 Å². The van der Waals surface area contributed by atoms with E-state index in [1.807, 2.05) is 152 Å². The van der Waals surface area contributed by atoms with Crippen LogP contribution in [0.25, 0.3) is 0 Å². The minimum absolute atomic E-state index is 0.0142. The summed E-state index contributed by atoms with van der Waals surface area (Å²) in [6.07, 6.45) is -18.7. The van der Waals surface area contributed by atoms with Gasteiger partial charge in [-0.15, -0.1) is 6.58 Å². The largest absolute Gasteiger partial charge is 0.454 e. The molecule has 2 amide bonds. The first-order chi connectivity index (χ1) is 50.3. The van der Waals surface area contributed by atoms with E-state index in [9.17, 15) is 14.7 Å². The maximum absolute atomic E-state index is 15.3. The van der Waals surface area contributed by atoms with Crippen LogP contribution in [0, 0.1) is 10.8 Å². The van der Waals surface area contributed by atoms with Gasteiger partial charge in [-0.1, -0.05) is 188 Å². The topological polar surface area (TPSA) is 238 Å². The molecule has 11 rings (SSSR count). The van der Waals surface area contributed by atoms with Gasteiger partial charge < -0.3 is 71.4 Å². The Morgan fingerprint density at radius 3 is 1.28 bits per heavy atom. The zero-order valence-electron chi connectivity index (χ0n) is 59.5. The SMILES string of the molecule is C=CCCCOC1OC(COCc2ccccc2)C(OC2OC(COCc3ccccc3)C(OCc3ccccc3)C(OC3OC(COCc4ccccc4)C(O)C(OC(=O)c4ccccc4)C3N3C(=O)c4ccccc4C3=O)C2OC(=O)C(C)(C)C)C(OCc2ccccc2)C1OC(=O)C(C)(C)C. The van der Waals surface area contributed by atoms with Crippen molar-refractivity contribution in [3.8, 4) is 0 Å². The number of aliphatic hydroxyl groups is 1. The maximum Gasteiger partial charge on any atom is 0.338 e. The molecule has 0 saturated carbocycles. The van der Waals surface area contributed by atoms with E-state index in [0.29, 0.717) is 18.4 Å². The van der Waals surface area contributed by atoms with Gasteiger partial charge in [0.15, 0.2) is 37.2 Å². The van der Waals surface area contributed by atoms with E-state index in [-0.39, 0.29) is 76.2 Å². The third kappa shape index (κ3) is 19.8. The van der Waals surface area contributed by atoms with Gasteiger partial charge in [0, 0.05) is 0 Å². The van der Waals surface area contributed by atoms with Crippen LogP contribution < -0.4 is 0 Å². The van der Waals surface area contributed by atoms with Crippen molar-refractivity contribution in [3.05, 3.63) is 263 Å². The molecular weight excluding hydrogens is 1330 g/mol. The van der Waals surface area contributed by atoms with E-state index in [1.165, 1.54) is 24.3 Å². The number of unbranched alkanes of at least 4 members (excludes halogenated alkanes) is 1. The Balaban J connectivity index is 1.09. The lowest BCUT2D eigenvalue weighted by Crippen LogP contribution is -2.70. The highest BCUT2D eigenvalue weighted by atomic mass is 16.8. The summed E-state index contributed by atoms with van der Waals surface area (Å²) in [6.45, 7) is 13.4. The second kappa shape index (κ2) is 36.4. The van der Waals surface area contributed by atoms with Crippen LogP contribution in [0.15, 0.2) is 219 Å². The monoisotopic (exact) mass is 1420 g/mol. The highest BCUT2D eigenvalue weighted by Crippen LogP contribution is 2.42. The molecule has 7 aromatic carbocycles. The van der Waals surface area contributed by atoms with Crippen molar-refractivity contribution in [2.24, 2.45) is 10.8 Å². The van der Waals surface area contributed by atoms with Crippen molar-refractivity contribution in [1.82, 2.24) is 4.90 Å². The summed E-state index contributed by atoms with van der Waals surface area (Å²) in [5, 5.41) is 12.9. The van der Waals surface area contributed by atoms with Crippen LogP contribution in [-0.2, 0) is 109 Å². The molecule has 21 nitrogen and oxygen atoms in total. The molecule has 0 aliphatic carbocycles. The molecule has 15 unspecified atom stereocenters. The summed E-state index contributed by atoms with van der Waals surface area (Å²) in [4.78, 5) is 76.1. The second-order valence-electron chi connectivity index (χ2n) is 28.1. The maximum atomic E-state index is 15.3. The Hall–Kier alpha value is -8.65. The van der Waals surface area contributed by atoms with E-state index in [1.54, 1.807) is 78.0 Å². The number of hydrogen-bond donors (Lipinski definition) is 1. The summed E-state index contributed by atoms with van der Waals surface area (Å²) in [6, 6.07) is 59.3. The number of ether oxygens (including phenoxy) is 14. The quantitative estimate of drug-likeness (QED) is 0.0136. The molecule has 4 heterocycles. The first-order valence-corrected chi connectivity index (χ1v) is 35.3. The van der Waals surface area contributed by atoms with E-state index in [4.69, 9.17) is 66.3 Å². The molecule has 3 saturated heterocycles. The molecule has 0 radical (unpaired) electrons. The summed E-state index contributed by atoms with van der Waals surface area (Å²) < 4.78 is 96.9. The van der Waals surface area contributed by atoms with Crippen LogP contribution in [-0.4, -0.2) is 158 Å². The Kier molecular flexibility index (Phi) is 26.7. The van der Waals surface area contributed by atoms with Crippen LogP contribution >= 0.6 is 0 Å².